The molecular formula is C13H27N3O. The SMILES string of the molecule is CCN1CCN(C2(CN)CCOCC2)CC1C. The Bertz CT molecular complexity index is 241. The molecule has 0 aromatic heterocycles. The van der Waals surface area contributed by atoms with Crippen LogP contribution in [0.25, 0.3) is 0 Å². The first-order valence-corrected chi connectivity index (χ1v) is 6.99. The van der Waals surface area contributed by atoms with Crippen LogP contribution in [0.5, 0.6) is 0 Å². The third-order valence-electron chi connectivity index (χ3n) is 4.65. The normalized spacial score (nSPS) is 31.6. The van der Waals surface area contributed by atoms with E-state index >= 15 is 0 Å². The van der Waals surface area contributed by atoms with Crippen LogP contribution in [-0.2, 0) is 4.74 Å². The fraction of sp³-hybridized carbons (Fsp3) is 1.00. The van der Waals surface area contributed by atoms with Crippen molar-refractivity contribution in [3.8, 4) is 0 Å². The number of likely N-dealkylation sites (N-methyl/N-ethyl adjacent to an activating group) is 1. The average Bonchev–Trinajstić information content (AvgIpc) is 2.39. The van der Waals surface area contributed by atoms with Crippen LogP contribution in [0.1, 0.15) is 26.7 Å². The number of hydrogen-bond donors (Lipinski definition) is 1. The molecule has 2 fully saturated rings. The van der Waals surface area contributed by atoms with Crippen LogP contribution in [-0.4, -0.2) is 67.3 Å². The van der Waals surface area contributed by atoms with Crippen molar-refractivity contribution in [2.45, 2.75) is 38.3 Å². The van der Waals surface area contributed by atoms with Gasteiger partial charge in [-0.3, -0.25) is 9.80 Å². The second kappa shape index (κ2) is 5.65. The summed E-state index contributed by atoms with van der Waals surface area (Å²) in [6, 6.07) is 0.653. The van der Waals surface area contributed by atoms with Crippen molar-refractivity contribution in [1.29, 1.82) is 0 Å². The summed E-state index contributed by atoms with van der Waals surface area (Å²) in [5.74, 6) is 0. The van der Waals surface area contributed by atoms with E-state index in [0.29, 0.717) is 6.04 Å². The Morgan fingerprint density at radius 2 is 2.00 bits per heavy atom. The zero-order valence-electron chi connectivity index (χ0n) is 11.3. The molecule has 100 valence electrons. The third-order valence-corrected chi connectivity index (χ3v) is 4.65. The van der Waals surface area contributed by atoms with Crippen LogP contribution >= 0.6 is 0 Å². The van der Waals surface area contributed by atoms with Gasteiger partial charge in [0.1, 0.15) is 0 Å². The highest BCUT2D eigenvalue weighted by Crippen LogP contribution is 2.29. The summed E-state index contributed by atoms with van der Waals surface area (Å²) in [5.41, 5.74) is 6.29. The van der Waals surface area contributed by atoms with Crippen molar-refractivity contribution in [2.24, 2.45) is 5.73 Å². The van der Waals surface area contributed by atoms with E-state index in [1.165, 1.54) is 6.54 Å². The van der Waals surface area contributed by atoms with Gasteiger partial charge in [-0.1, -0.05) is 6.92 Å². The molecule has 0 saturated carbocycles. The van der Waals surface area contributed by atoms with E-state index in [0.717, 1.165) is 52.2 Å². The quantitative estimate of drug-likeness (QED) is 0.782. The van der Waals surface area contributed by atoms with Crippen molar-refractivity contribution < 1.29 is 4.74 Å². The summed E-state index contributed by atoms with van der Waals surface area (Å²) < 4.78 is 5.49. The predicted molar refractivity (Wildman–Crippen MR) is 70.1 cm³/mol. The molecule has 2 heterocycles. The molecule has 1 atom stereocenters. The second-order valence-electron chi connectivity index (χ2n) is 5.46. The topological polar surface area (TPSA) is 41.7 Å². The fourth-order valence-corrected chi connectivity index (χ4v) is 3.30. The van der Waals surface area contributed by atoms with Gasteiger partial charge in [-0.15, -0.1) is 0 Å². The maximum atomic E-state index is 6.07. The molecule has 1 unspecified atom stereocenters. The first kappa shape index (κ1) is 13.3. The molecule has 2 aliphatic heterocycles. The predicted octanol–water partition coefficient (Wildman–Crippen LogP) is 0.520. The zero-order chi connectivity index (χ0) is 12.3. The van der Waals surface area contributed by atoms with Gasteiger partial charge in [0.25, 0.3) is 0 Å². The highest BCUT2D eigenvalue weighted by molar-refractivity contribution is 4.97. The minimum Gasteiger partial charge on any atom is -0.381 e. The molecule has 2 saturated heterocycles. The first-order chi connectivity index (χ1) is 8.22. The molecule has 0 aromatic carbocycles. The van der Waals surface area contributed by atoms with E-state index in [1.807, 2.05) is 0 Å². The molecule has 4 heteroatoms. The summed E-state index contributed by atoms with van der Waals surface area (Å²) in [4.78, 5) is 5.19. The molecule has 0 aromatic rings. The molecule has 0 radical (unpaired) electrons. The van der Waals surface area contributed by atoms with Crippen LogP contribution < -0.4 is 5.73 Å². The maximum Gasteiger partial charge on any atom is 0.0484 e. The Labute approximate surface area is 105 Å². The number of nitrogens with two attached hydrogens (primary N) is 1. The number of hydrogen-bond acceptors (Lipinski definition) is 4. The summed E-state index contributed by atoms with van der Waals surface area (Å²) in [6.45, 7) is 11.8. The van der Waals surface area contributed by atoms with Crippen molar-refractivity contribution in [2.75, 3.05) is 45.9 Å². The van der Waals surface area contributed by atoms with Gasteiger partial charge in [-0.25, -0.2) is 0 Å². The Balaban J connectivity index is 2.01. The lowest BCUT2D eigenvalue weighted by Gasteiger charge is -2.51. The molecule has 2 aliphatic rings. The monoisotopic (exact) mass is 241 g/mol. The number of ether oxygens (including phenoxy) is 1. The Morgan fingerprint density at radius 3 is 2.53 bits per heavy atom. The standard InChI is InChI=1S/C13H27N3O/c1-3-15-6-7-16(10-12(15)2)13(11-14)4-8-17-9-5-13/h12H,3-11,14H2,1-2H3. The zero-order valence-corrected chi connectivity index (χ0v) is 11.3. The molecule has 4 nitrogen and oxygen atoms in total. The van der Waals surface area contributed by atoms with Gasteiger partial charge in [-0.2, -0.15) is 0 Å². The Morgan fingerprint density at radius 1 is 1.29 bits per heavy atom. The van der Waals surface area contributed by atoms with Crippen LogP contribution in [0, 0.1) is 0 Å². The molecule has 2 rings (SSSR count). The van der Waals surface area contributed by atoms with E-state index in [9.17, 15) is 0 Å². The number of rotatable bonds is 3. The third kappa shape index (κ3) is 2.65. The lowest BCUT2D eigenvalue weighted by molar-refractivity contribution is -0.0535. The summed E-state index contributed by atoms with van der Waals surface area (Å²) in [6.07, 6.45) is 2.20. The lowest BCUT2D eigenvalue weighted by atomic mass is 9.87. The minimum absolute atomic E-state index is 0.215. The van der Waals surface area contributed by atoms with Crippen LogP contribution in [0.15, 0.2) is 0 Å². The maximum absolute atomic E-state index is 6.07. The summed E-state index contributed by atoms with van der Waals surface area (Å²) in [7, 11) is 0. The highest BCUT2D eigenvalue weighted by Gasteiger charge is 2.39. The number of nitrogens with zero attached hydrogens (tertiary/aromatic N) is 2. The van der Waals surface area contributed by atoms with Gasteiger partial charge in [0.05, 0.1) is 0 Å². The largest absolute Gasteiger partial charge is 0.381 e. The highest BCUT2D eigenvalue weighted by atomic mass is 16.5. The van der Waals surface area contributed by atoms with E-state index in [2.05, 4.69) is 23.6 Å². The first-order valence-electron chi connectivity index (χ1n) is 6.99. The molecule has 2 N–H and O–H groups in total. The molecule has 0 amide bonds. The summed E-state index contributed by atoms with van der Waals surface area (Å²) >= 11 is 0. The Hall–Kier alpha value is -0.160. The van der Waals surface area contributed by atoms with Crippen molar-refractivity contribution in [3.63, 3.8) is 0 Å². The molecule has 0 bridgehead atoms. The van der Waals surface area contributed by atoms with Crippen molar-refractivity contribution in [1.82, 2.24) is 9.80 Å². The van der Waals surface area contributed by atoms with Crippen molar-refractivity contribution >= 4 is 0 Å². The van der Waals surface area contributed by atoms with Crippen LogP contribution in [0.3, 0.4) is 0 Å². The second-order valence-corrected chi connectivity index (χ2v) is 5.46. The minimum atomic E-state index is 0.215. The van der Waals surface area contributed by atoms with Crippen LogP contribution in [0.2, 0.25) is 0 Å². The molecule has 0 spiro atoms. The van der Waals surface area contributed by atoms with Crippen molar-refractivity contribution in [3.05, 3.63) is 0 Å². The smallest absolute Gasteiger partial charge is 0.0484 e. The van der Waals surface area contributed by atoms with E-state index in [4.69, 9.17) is 10.5 Å². The Kier molecular flexibility index (Phi) is 4.42. The van der Waals surface area contributed by atoms with Crippen LogP contribution in [0.4, 0.5) is 0 Å². The molecular weight excluding hydrogens is 214 g/mol. The number of piperazine rings is 1. The van der Waals surface area contributed by atoms with Gasteiger partial charge >= 0.3 is 0 Å². The summed E-state index contributed by atoms with van der Waals surface area (Å²) in [5, 5.41) is 0. The van der Waals surface area contributed by atoms with Gasteiger partial charge in [0, 0.05) is 51.0 Å². The molecule has 17 heavy (non-hydrogen) atoms. The van der Waals surface area contributed by atoms with E-state index in [1.54, 1.807) is 0 Å². The van der Waals surface area contributed by atoms with Gasteiger partial charge in [0.15, 0.2) is 0 Å². The lowest BCUT2D eigenvalue weighted by Crippen LogP contribution is -2.64. The fourth-order valence-electron chi connectivity index (χ4n) is 3.30. The van der Waals surface area contributed by atoms with E-state index in [-0.39, 0.29) is 5.54 Å². The van der Waals surface area contributed by atoms with Gasteiger partial charge in [-0.05, 0) is 26.3 Å². The van der Waals surface area contributed by atoms with E-state index < -0.39 is 0 Å². The van der Waals surface area contributed by atoms with Gasteiger partial charge < -0.3 is 10.5 Å². The molecule has 0 aliphatic carbocycles. The average molecular weight is 241 g/mol. The van der Waals surface area contributed by atoms with Gasteiger partial charge in [0.2, 0.25) is 0 Å².